The van der Waals surface area contributed by atoms with Gasteiger partial charge in [-0.05, 0) is 61.8 Å². The molecule has 0 bridgehead atoms. The van der Waals surface area contributed by atoms with Crippen LogP contribution >= 0.6 is 7.37 Å². The molecule has 13 nitrogen and oxygen atoms in total. The summed E-state index contributed by atoms with van der Waals surface area (Å²) in [7, 11) is -2.54. The van der Waals surface area contributed by atoms with E-state index in [-0.39, 0.29) is 31.7 Å². The van der Waals surface area contributed by atoms with Crippen LogP contribution in [0.1, 0.15) is 65.1 Å². The summed E-state index contributed by atoms with van der Waals surface area (Å²) in [5, 5.41) is 4.95. The van der Waals surface area contributed by atoms with Gasteiger partial charge in [-0.3, -0.25) is 14.2 Å². The van der Waals surface area contributed by atoms with E-state index in [4.69, 9.17) is 23.6 Å². The van der Waals surface area contributed by atoms with E-state index in [1.807, 2.05) is 75.4 Å². The largest absolute Gasteiger partial charge is 0.497 e. The molecule has 3 N–H and O–H groups in total. The standard InChI is InChI=1S/C43H51N4O9P/c1-6-28-24-43(28,57(51,52)26-31-17-12-20-54-31)46-39(48)36-22-32(25-47(36)40(49)38(42(2,3)4)45-41(50)56-29-15-10-11-16-29)55-37-23-34(27-13-8-7-9-14-27)44-35-21-30(53-5)18-19-33(35)37/h6-9,12-14,17-21,23,28-29,32,36,38H,1,10-11,15-16,22,24-26H2,2-5H3,(H,45,50)(H,46,48)(H,51,52)/t28-,32-,36+,38-,43+/m1/s1. The van der Waals surface area contributed by atoms with E-state index in [0.29, 0.717) is 33.9 Å². The SMILES string of the molecule is C=C[C@@H]1C[C@]1(NC(=O)[C@@H]1C[C@@H](Oc2cc(-c3ccccc3)nc3cc(OC)ccc23)CN1C(=O)[C@@H](NC(=O)OC1CCCC1)C(C)(C)C)P(=O)(O)Cc1ccco1. The number of nitrogens with one attached hydrogen (secondary N) is 2. The first-order chi connectivity index (χ1) is 27.2. The molecule has 302 valence electrons. The zero-order valence-corrected chi connectivity index (χ0v) is 33.7. The summed E-state index contributed by atoms with van der Waals surface area (Å²) in [6.45, 7) is 9.34. The van der Waals surface area contributed by atoms with Crippen molar-refractivity contribution in [3.05, 3.63) is 91.4 Å². The van der Waals surface area contributed by atoms with E-state index in [2.05, 4.69) is 17.2 Å². The van der Waals surface area contributed by atoms with Gasteiger partial charge in [0.2, 0.25) is 19.2 Å². The summed E-state index contributed by atoms with van der Waals surface area (Å²) in [5.41, 5.74) is 1.37. The van der Waals surface area contributed by atoms with Gasteiger partial charge >= 0.3 is 6.09 Å². The van der Waals surface area contributed by atoms with Crippen LogP contribution in [-0.2, 0) is 25.1 Å². The Bertz CT molecular complexity index is 2170. The van der Waals surface area contributed by atoms with Crippen LogP contribution in [0.5, 0.6) is 11.5 Å². The summed E-state index contributed by atoms with van der Waals surface area (Å²) >= 11 is 0. The molecule has 2 aliphatic carbocycles. The molecule has 0 radical (unpaired) electrons. The number of rotatable bonds is 13. The fraction of sp³-hybridized carbons (Fsp3) is 0.442. The Labute approximate surface area is 332 Å². The Kier molecular flexibility index (Phi) is 11.3. The number of alkyl carbamates (subject to hydrolysis) is 1. The van der Waals surface area contributed by atoms with E-state index in [1.165, 1.54) is 11.2 Å². The molecule has 2 aromatic heterocycles. The number of aromatic nitrogens is 1. The first kappa shape index (κ1) is 40.1. The average Bonchev–Trinajstić information content (AvgIpc) is 3.62. The monoisotopic (exact) mass is 798 g/mol. The Hall–Kier alpha value is -5.13. The fourth-order valence-corrected chi connectivity index (χ4v) is 10.4. The molecule has 3 amide bonds. The molecule has 57 heavy (non-hydrogen) atoms. The highest BCUT2D eigenvalue weighted by molar-refractivity contribution is 7.59. The number of nitrogens with zero attached hydrogens (tertiary/aromatic N) is 2. The summed E-state index contributed by atoms with van der Waals surface area (Å²) < 4.78 is 37.4. The van der Waals surface area contributed by atoms with Gasteiger partial charge in [0.05, 0.1) is 37.3 Å². The number of carbonyl (C=O) groups is 3. The lowest BCUT2D eigenvalue weighted by molar-refractivity contribution is -0.142. The third kappa shape index (κ3) is 8.46. The molecule has 6 atom stereocenters. The zero-order chi connectivity index (χ0) is 40.5. The number of benzene rings is 2. The van der Waals surface area contributed by atoms with Gasteiger partial charge in [-0.25, -0.2) is 9.78 Å². The van der Waals surface area contributed by atoms with Crippen molar-refractivity contribution in [2.45, 2.75) is 95.0 Å². The number of pyridine rings is 1. The number of carbonyl (C=O) groups excluding carboxylic acids is 3. The van der Waals surface area contributed by atoms with Gasteiger partial charge in [-0.15, -0.1) is 6.58 Å². The lowest BCUT2D eigenvalue weighted by atomic mass is 9.85. The van der Waals surface area contributed by atoms with Gasteiger partial charge in [0, 0.05) is 35.4 Å². The molecule has 4 aromatic rings. The minimum Gasteiger partial charge on any atom is -0.497 e. The Morgan fingerprint density at radius 1 is 1.09 bits per heavy atom. The van der Waals surface area contributed by atoms with Crippen LogP contribution in [0.2, 0.25) is 0 Å². The van der Waals surface area contributed by atoms with Crippen molar-refractivity contribution < 1.29 is 42.5 Å². The minimum absolute atomic E-state index is 0.00936. The second-order valence-electron chi connectivity index (χ2n) is 16.4. The van der Waals surface area contributed by atoms with Crippen molar-refractivity contribution in [1.82, 2.24) is 20.5 Å². The number of furan rings is 1. The molecule has 3 fully saturated rings. The van der Waals surface area contributed by atoms with Crippen LogP contribution in [0.15, 0.2) is 90.1 Å². The molecular weight excluding hydrogens is 747 g/mol. The van der Waals surface area contributed by atoms with E-state index in [1.54, 1.807) is 25.3 Å². The minimum atomic E-state index is -4.12. The summed E-state index contributed by atoms with van der Waals surface area (Å²) in [4.78, 5) is 60.4. The molecule has 0 spiro atoms. The molecule has 3 aliphatic rings. The van der Waals surface area contributed by atoms with Crippen LogP contribution in [0.25, 0.3) is 22.2 Å². The van der Waals surface area contributed by atoms with Crippen LogP contribution in [0.3, 0.4) is 0 Å². The van der Waals surface area contributed by atoms with E-state index >= 15 is 0 Å². The summed E-state index contributed by atoms with van der Waals surface area (Å²) in [5.74, 6) is -0.156. The van der Waals surface area contributed by atoms with E-state index in [0.717, 1.165) is 31.2 Å². The topological polar surface area (TPSA) is 170 Å². The van der Waals surface area contributed by atoms with Crippen molar-refractivity contribution in [2.75, 3.05) is 13.7 Å². The number of likely N-dealkylation sites (tertiary alicyclic amines) is 1. The lowest BCUT2D eigenvalue weighted by Gasteiger charge is -2.35. The number of ether oxygens (including phenoxy) is 3. The molecule has 2 saturated carbocycles. The first-order valence-corrected chi connectivity index (χ1v) is 21.3. The molecule has 14 heteroatoms. The Balaban J connectivity index is 1.22. The smallest absolute Gasteiger partial charge is 0.408 e. The van der Waals surface area contributed by atoms with Gasteiger partial charge < -0.3 is 39.1 Å². The van der Waals surface area contributed by atoms with Crippen molar-refractivity contribution in [2.24, 2.45) is 11.3 Å². The Morgan fingerprint density at radius 3 is 2.49 bits per heavy atom. The predicted molar refractivity (Wildman–Crippen MR) is 215 cm³/mol. The molecule has 1 aliphatic heterocycles. The highest BCUT2D eigenvalue weighted by atomic mass is 31.2. The van der Waals surface area contributed by atoms with Crippen LogP contribution in [0.4, 0.5) is 4.79 Å². The highest BCUT2D eigenvalue weighted by Crippen LogP contribution is 2.70. The third-order valence-corrected chi connectivity index (χ3v) is 13.9. The normalized spacial score (nSPS) is 23.7. The molecule has 3 heterocycles. The zero-order valence-electron chi connectivity index (χ0n) is 32.8. The molecule has 1 unspecified atom stereocenters. The van der Waals surface area contributed by atoms with Crippen LogP contribution in [0, 0.1) is 11.3 Å². The number of methoxy groups -OCH3 is 1. The molecular formula is C43H51N4O9P. The van der Waals surface area contributed by atoms with Gasteiger partial charge in [0.25, 0.3) is 0 Å². The maximum Gasteiger partial charge on any atom is 0.408 e. The second-order valence-corrected chi connectivity index (χ2v) is 18.9. The lowest BCUT2D eigenvalue weighted by Crippen LogP contribution is -2.58. The van der Waals surface area contributed by atoms with Crippen LogP contribution < -0.4 is 20.1 Å². The number of fused-ring (bicyclic) bond motifs is 1. The molecule has 2 aromatic carbocycles. The summed E-state index contributed by atoms with van der Waals surface area (Å²) in [6.07, 6.45) is 4.82. The van der Waals surface area contributed by atoms with Crippen molar-refractivity contribution in [3.8, 4) is 22.8 Å². The van der Waals surface area contributed by atoms with Gasteiger partial charge in [-0.2, -0.15) is 0 Å². The van der Waals surface area contributed by atoms with Crippen molar-refractivity contribution in [3.63, 3.8) is 0 Å². The van der Waals surface area contributed by atoms with Crippen LogP contribution in [-0.4, -0.2) is 75.9 Å². The summed E-state index contributed by atoms with van der Waals surface area (Å²) in [6, 6.07) is 18.0. The fourth-order valence-electron chi connectivity index (χ4n) is 8.07. The van der Waals surface area contributed by atoms with E-state index < -0.39 is 60.1 Å². The quantitative estimate of drug-likeness (QED) is 0.0914. The van der Waals surface area contributed by atoms with E-state index in [9.17, 15) is 23.8 Å². The van der Waals surface area contributed by atoms with Gasteiger partial charge in [-0.1, -0.05) is 57.2 Å². The number of hydrogen-bond donors (Lipinski definition) is 3. The second kappa shape index (κ2) is 16.0. The maximum atomic E-state index is 14.8. The molecule has 7 rings (SSSR count). The highest BCUT2D eigenvalue weighted by Gasteiger charge is 2.66. The van der Waals surface area contributed by atoms with Gasteiger partial charge in [0.1, 0.15) is 46.8 Å². The number of amides is 3. The number of hydrogen-bond acceptors (Lipinski definition) is 9. The van der Waals surface area contributed by atoms with Gasteiger partial charge in [0.15, 0.2) is 0 Å². The third-order valence-electron chi connectivity index (χ3n) is 11.3. The maximum absolute atomic E-state index is 14.8. The van der Waals surface area contributed by atoms with Crippen molar-refractivity contribution >= 4 is 36.2 Å². The predicted octanol–water partition coefficient (Wildman–Crippen LogP) is 7.42. The van der Waals surface area contributed by atoms with Crippen molar-refractivity contribution in [1.29, 1.82) is 0 Å². The average molecular weight is 799 g/mol. The first-order valence-electron chi connectivity index (χ1n) is 19.5. The molecule has 1 saturated heterocycles. The Morgan fingerprint density at radius 2 is 1.84 bits per heavy atom.